The van der Waals surface area contributed by atoms with Crippen LogP contribution in [0.4, 0.5) is 0 Å². The fourth-order valence-electron chi connectivity index (χ4n) is 5.48. The number of nitrogens with zero attached hydrogens (tertiary/aromatic N) is 2. The smallest absolute Gasteiger partial charge is 0.256 e. The monoisotopic (exact) mass is 479 g/mol. The predicted molar refractivity (Wildman–Crippen MR) is 145 cm³/mol. The van der Waals surface area contributed by atoms with Crippen LogP contribution >= 0.6 is 0 Å². The van der Waals surface area contributed by atoms with E-state index in [2.05, 4.69) is 6.92 Å². The summed E-state index contributed by atoms with van der Waals surface area (Å²) in [6.07, 6.45) is 6.83. The van der Waals surface area contributed by atoms with Gasteiger partial charge in [0, 0.05) is 12.0 Å². The number of amidine groups is 1. The largest absolute Gasteiger partial charge is 0.366 e. The molecule has 0 aromatic heterocycles. The standard InChI is InChI=1S/C31H33N3O2/c1-2-3-11-28-33-31(18-7-8-19-31)30(36)34(28)21-22-12-14-24(15-13-22)27-20-25(16-17-26(27)29(32)35)23-9-5-4-6-10-23/h4-6,9-10,12-17,20H,2-3,7-8,11,18-19,21H2,1H3,(H2,32,35). The number of benzene rings is 3. The zero-order valence-corrected chi connectivity index (χ0v) is 20.9. The summed E-state index contributed by atoms with van der Waals surface area (Å²) >= 11 is 0. The lowest BCUT2D eigenvalue weighted by Crippen LogP contribution is -2.40. The number of amides is 2. The molecule has 1 heterocycles. The van der Waals surface area contributed by atoms with Gasteiger partial charge in [0.05, 0.1) is 6.54 Å². The second-order valence-electron chi connectivity index (χ2n) is 9.95. The topological polar surface area (TPSA) is 75.8 Å². The first-order chi connectivity index (χ1) is 17.5. The number of primary amides is 1. The molecular weight excluding hydrogens is 446 g/mol. The van der Waals surface area contributed by atoms with E-state index < -0.39 is 11.4 Å². The third-order valence-electron chi connectivity index (χ3n) is 7.48. The highest BCUT2D eigenvalue weighted by molar-refractivity contribution is 6.08. The van der Waals surface area contributed by atoms with Gasteiger partial charge in [-0.05, 0) is 59.2 Å². The van der Waals surface area contributed by atoms with Gasteiger partial charge < -0.3 is 5.73 Å². The van der Waals surface area contributed by atoms with Crippen molar-refractivity contribution in [2.45, 2.75) is 64.0 Å². The van der Waals surface area contributed by atoms with Gasteiger partial charge in [-0.2, -0.15) is 0 Å². The zero-order valence-electron chi connectivity index (χ0n) is 20.9. The molecule has 2 aliphatic rings. The van der Waals surface area contributed by atoms with Crippen molar-refractivity contribution in [2.75, 3.05) is 0 Å². The summed E-state index contributed by atoms with van der Waals surface area (Å²) in [5, 5.41) is 0. The highest BCUT2D eigenvalue weighted by Gasteiger charge is 2.49. The number of aliphatic imine (C=N–C) groups is 1. The number of hydrogen-bond donors (Lipinski definition) is 1. The molecule has 1 aliphatic heterocycles. The minimum Gasteiger partial charge on any atom is -0.366 e. The molecule has 0 bridgehead atoms. The van der Waals surface area contributed by atoms with Crippen molar-refractivity contribution < 1.29 is 9.59 Å². The molecule has 36 heavy (non-hydrogen) atoms. The molecule has 2 N–H and O–H groups in total. The Morgan fingerprint density at radius 1 is 0.944 bits per heavy atom. The molecule has 0 unspecified atom stereocenters. The minimum absolute atomic E-state index is 0.168. The van der Waals surface area contributed by atoms with Crippen LogP contribution in [-0.4, -0.2) is 28.1 Å². The highest BCUT2D eigenvalue weighted by atomic mass is 16.2. The molecule has 3 aromatic rings. The first-order valence-corrected chi connectivity index (χ1v) is 13.0. The molecule has 3 aromatic carbocycles. The Hall–Kier alpha value is -3.73. The third-order valence-corrected chi connectivity index (χ3v) is 7.48. The van der Waals surface area contributed by atoms with Crippen molar-refractivity contribution in [3.8, 4) is 22.3 Å². The lowest BCUT2D eigenvalue weighted by atomic mass is 9.93. The number of carbonyl (C=O) groups is 2. The van der Waals surface area contributed by atoms with Gasteiger partial charge in [0.2, 0.25) is 5.91 Å². The van der Waals surface area contributed by atoms with E-state index in [1.54, 1.807) is 6.07 Å². The van der Waals surface area contributed by atoms with E-state index in [-0.39, 0.29) is 5.91 Å². The number of nitrogens with two attached hydrogens (primary N) is 1. The van der Waals surface area contributed by atoms with Crippen LogP contribution in [0.5, 0.6) is 0 Å². The Balaban J connectivity index is 1.42. The number of carbonyl (C=O) groups excluding carboxylic acids is 2. The first-order valence-electron chi connectivity index (χ1n) is 13.0. The van der Waals surface area contributed by atoms with Crippen LogP contribution in [-0.2, 0) is 11.3 Å². The predicted octanol–water partition coefficient (Wildman–Crippen LogP) is 6.36. The van der Waals surface area contributed by atoms with Crippen molar-refractivity contribution in [3.05, 3.63) is 83.9 Å². The van der Waals surface area contributed by atoms with E-state index in [1.807, 2.05) is 71.6 Å². The maximum atomic E-state index is 13.4. The van der Waals surface area contributed by atoms with Gasteiger partial charge >= 0.3 is 0 Å². The summed E-state index contributed by atoms with van der Waals surface area (Å²) in [5.74, 6) is 0.663. The van der Waals surface area contributed by atoms with Crippen LogP contribution < -0.4 is 5.73 Å². The fraction of sp³-hybridized carbons (Fsp3) is 0.323. The Morgan fingerprint density at radius 2 is 1.64 bits per heavy atom. The maximum absolute atomic E-state index is 13.4. The summed E-state index contributed by atoms with van der Waals surface area (Å²) < 4.78 is 0. The van der Waals surface area contributed by atoms with Crippen LogP contribution in [0, 0.1) is 0 Å². The quantitative estimate of drug-likeness (QED) is 0.408. The molecular formula is C31H33N3O2. The summed E-state index contributed by atoms with van der Waals surface area (Å²) in [7, 11) is 0. The van der Waals surface area contributed by atoms with Crippen molar-refractivity contribution in [3.63, 3.8) is 0 Å². The van der Waals surface area contributed by atoms with Gasteiger partial charge in [-0.25, -0.2) is 0 Å². The van der Waals surface area contributed by atoms with Gasteiger partial charge in [0.25, 0.3) is 5.91 Å². The van der Waals surface area contributed by atoms with E-state index in [0.717, 1.165) is 78.6 Å². The third kappa shape index (κ3) is 4.58. The maximum Gasteiger partial charge on any atom is 0.256 e. The molecule has 0 radical (unpaired) electrons. The normalized spacial score (nSPS) is 16.5. The molecule has 5 rings (SSSR count). The second-order valence-corrected chi connectivity index (χ2v) is 9.95. The van der Waals surface area contributed by atoms with Crippen molar-refractivity contribution >= 4 is 17.6 Å². The average molecular weight is 480 g/mol. The van der Waals surface area contributed by atoms with Gasteiger partial charge in [-0.1, -0.05) is 86.8 Å². The Bertz CT molecular complexity index is 1290. The summed E-state index contributed by atoms with van der Waals surface area (Å²) in [5.41, 5.74) is 10.6. The van der Waals surface area contributed by atoms with E-state index >= 15 is 0 Å². The first kappa shape index (κ1) is 24.0. The van der Waals surface area contributed by atoms with Crippen LogP contribution in [0.2, 0.25) is 0 Å². The van der Waals surface area contributed by atoms with E-state index in [4.69, 9.17) is 10.7 Å². The second kappa shape index (κ2) is 10.1. The van der Waals surface area contributed by atoms with Crippen molar-refractivity contribution in [1.29, 1.82) is 0 Å². The van der Waals surface area contributed by atoms with Crippen LogP contribution in [0.25, 0.3) is 22.3 Å². The molecule has 184 valence electrons. The van der Waals surface area contributed by atoms with Crippen molar-refractivity contribution in [1.82, 2.24) is 4.90 Å². The summed E-state index contributed by atoms with van der Waals surface area (Å²) in [6, 6.07) is 23.9. The van der Waals surface area contributed by atoms with Gasteiger partial charge in [-0.15, -0.1) is 0 Å². The molecule has 1 fully saturated rings. The van der Waals surface area contributed by atoms with E-state index in [9.17, 15) is 9.59 Å². The molecule has 5 nitrogen and oxygen atoms in total. The zero-order chi connectivity index (χ0) is 25.1. The van der Waals surface area contributed by atoms with Gasteiger partial charge in [0.1, 0.15) is 11.4 Å². The molecule has 0 saturated heterocycles. The van der Waals surface area contributed by atoms with Crippen LogP contribution in [0.1, 0.15) is 67.8 Å². The Labute approximate surface area is 213 Å². The molecule has 5 heteroatoms. The summed E-state index contributed by atoms with van der Waals surface area (Å²) in [6.45, 7) is 2.69. The average Bonchev–Trinajstić information content (AvgIpc) is 3.48. The number of rotatable bonds is 8. The van der Waals surface area contributed by atoms with E-state index in [1.165, 1.54) is 0 Å². The molecule has 0 atom stereocenters. The fourth-order valence-corrected chi connectivity index (χ4v) is 5.48. The highest BCUT2D eigenvalue weighted by Crippen LogP contribution is 2.40. The number of unbranched alkanes of at least 4 members (excludes halogenated alkanes) is 1. The molecule has 1 saturated carbocycles. The Kier molecular flexibility index (Phi) is 6.73. The lowest BCUT2D eigenvalue weighted by molar-refractivity contribution is -0.131. The van der Waals surface area contributed by atoms with Crippen molar-refractivity contribution in [2.24, 2.45) is 10.7 Å². The van der Waals surface area contributed by atoms with Crippen LogP contribution in [0.15, 0.2) is 77.8 Å². The molecule has 1 spiro atoms. The Morgan fingerprint density at radius 3 is 2.31 bits per heavy atom. The number of hydrogen-bond acceptors (Lipinski definition) is 3. The molecule has 2 amide bonds. The van der Waals surface area contributed by atoms with Crippen LogP contribution in [0.3, 0.4) is 0 Å². The lowest BCUT2D eigenvalue weighted by Gasteiger charge is -2.23. The SMILES string of the molecule is CCCCC1=NC2(CCCC2)C(=O)N1Cc1ccc(-c2cc(-c3ccccc3)ccc2C(N)=O)cc1. The minimum atomic E-state index is -0.517. The van der Waals surface area contributed by atoms with Gasteiger partial charge in [0.15, 0.2) is 0 Å². The van der Waals surface area contributed by atoms with Gasteiger partial charge in [-0.3, -0.25) is 19.5 Å². The van der Waals surface area contributed by atoms with E-state index in [0.29, 0.717) is 12.1 Å². The molecule has 1 aliphatic carbocycles. The summed E-state index contributed by atoms with van der Waals surface area (Å²) in [4.78, 5) is 32.5.